The quantitative estimate of drug-likeness (QED) is 0.477. The molecule has 2 unspecified atom stereocenters. The van der Waals surface area contributed by atoms with Crippen LogP contribution in [0, 0.1) is 0 Å². The van der Waals surface area contributed by atoms with Crippen LogP contribution < -0.4 is 0 Å². The molecule has 1 rings (SSSR count). The normalized spacial score (nSPS) is 34.3. The minimum atomic E-state index is -0.829. The Morgan fingerprint density at radius 3 is 2.78 bits per heavy atom. The lowest BCUT2D eigenvalue weighted by Crippen LogP contribution is -2.12. The smallest absolute Gasteiger partial charge is 0.135 e. The average Bonchev–Trinajstić information content (AvgIpc) is 1.80. The van der Waals surface area contributed by atoms with Gasteiger partial charge in [-0.3, -0.25) is 0 Å². The van der Waals surface area contributed by atoms with Crippen molar-refractivity contribution in [1.29, 1.82) is 0 Å². The standard InChI is InChI=1S/C6H5BrFI/c7-4-1-2-6(9)5(8)3-4/h1-3,5-6H. The second-order valence-corrected chi connectivity index (χ2v) is 4.15. The molecule has 9 heavy (non-hydrogen) atoms. The summed E-state index contributed by atoms with van der Waals surface area (Å²) in [4.78, 5) is 0. The van der Waals surface area contributed by atoms with Crippen molar-refractivity contribution >= 4 is 38.5 Å². The molecule has 0 saturated carbocycles. The van der Waals surface area contributed by atoms with Crippen LogP contribution in [0.2, 0.25) is 0 Å². The Morgan fingerprint density at radius 2 is 2.33 bits per heavy atom. The molecule has 0 saturated heterocycles. The molecule has 0 N–H and O–H groups in total. The summed E-state index contributed by atoms with van der Waals surface area (Å²) < 4.78 is 13.5. The molecule has 0 bridgehead atoms. The zero-order valence-electron chi connectivity index (χ0n) is 4.52. The summed E-state index contributed by atoms with van der Waals surface area (Å²) in [6, 6.07) is 0. The van der Waals surface area contributed by atoms with Gasteiger partial charge in [0.05, 0.1) is 3.92 Å². The van der Waals surface area contributed by atoms with Crippen LogP contribution >= 0.6 is 38.5 Å². The van der Waals surface area contributed by atoms with Gasteiger partial charge in [0.15, 0.2) is 0 Å². The molecule has 0 fully saturated rings. The van der Waals surface area contributed by atoms with Crippen LogP contribution in [0.3, 0.4) is 0 Å². The summed E-state index contributed by atoms with van der Waals surface area (Å²) in [5.74, 6) is 0. The number of halogens is 3. The maximum atomic E-state index is 12.7. The van der Waals surface area contributed by atoms with Crippen molar-refractivity contribution in [3.63, 3.8) is 0 Å². The molecule has 0 aromatic carbocycles. The van der Waals surface area contributed by atoms with Crippen LogP contribution in [0.25, 0.3) is 0 Å². The van der Waals surface area contributed by atoms with Crippen LogP contribution in [0.4, 0.5) is 4.39 Å². The molecule has 0 aromatic heterocycles. The third kappa shape index (κ3) is 2.04. The fraction of sp³-hybridized carbons (Fsp3) is 0.333. The molecule has 50 valence electrons. The van der Waals surface area contributed by atoms with Gasteiger partial charge in [-0.2, -0.15) is 0 Å². The van der Waals surface area contributed by atoms with Gasteiger partial charge in [0.1, 0.15) is 6.17 Å². The van der Waals surface area contributed by atoms with Gasteiger partial charge in [-0.25, -0.2) is 4.39 Å². The van der Waals surface area contributed by atoms with Gasteiger partial charge < -0.3 is 0 Å². The molecule has 0 amide bonds. The van der Waals surface area contributed by atoms with Crippen LogP contribution in [-0.4, -0.2) is 10.1 Å². The van der Waals surface area contributed by atoms with E-state index in [0.717, 1.165) is 4.48 Å². The molecule has 0 aliphatic heterocycles. The van der Waals surface area contributed by atoms with Crippen LogP contribution in [0.15, 0.2) is 22.7 Å². The van der Waals surface area contributed by atoms with Gasteiger partial charge in [0.2, 0.25) is 0 Å². The van der Waals surface area contributed by atoms with Crippen molar-refractivity contribution in [1.82, 2.24) is 0 Å². The summed E-state index contributed by atoms with van der Waals surface area (Å²) in [5, 5.41) is 0. The Kier molecular flexibility index (Phi) is 2.70. The summed E-state index contributed by atoms with van der Waals surface area (Å²) in [7, 11) is 0. The van der Waals surface area contributed by atoms with E-state index in [1.54, 1.807) is 6.08 Å². The molecule has 0 spiro atoms. The topological polar surface area (TPSA) is 0 Å². The highest BCUT2D eigenvalue weighted by atomic mass is 127. The molecular formula is C6H5BrFI. The Labute approximate surface area is 75.5 Å². The van der Waals surface area contributed by atoms with Crippen molar-refractivity contribution in [3.05, 3.63) is 22.7 Å². The lowest BCUT2D eigenvalue weighted by molar-refractivity contribution is 0.414. The Bertz CT molecular complexity index is 164. The Balaban J connectivity index is 2.70. The van der Waals surface area contributed by atoms with Crippen molar-refractivity contribution in [2.75, 3.05) is 0 Å². The highest BCUT2D eigenvalue weighted by molar-refractivity contribution is 14.1. The van der Waals surface area contributed by atoms with E-state index in [4.69, 9.17) is 0 Å². The van der Waals surface area contributed by atoms with E-state index < -0.39 is 6.17 Å². The van der Waals surface area contributed by atoms with E-state index >= 15 is 0 Å². The number of rotatable bonds is 0. The summed E-state index contributed by atoms with van der Waals surface area (Å²) in [6.45, 7) is 0. The molecule has 0 heterocycles. The third-order valence-corrected chi connectivity index (χ3v) is 2.69. The highest BCUT2D eigenvalue weighted by Crippen LogP contribution is 2.23. The zero-order valence-corrected chi connectivity index (χ0v) is 8.26. The van der Waals surface area contributed by atoms with Gasteiger partial charge in [-0.05, 0) is 6.08 Å². The molecule has 3 heteroatoms. The second-order valence-electron chi connectivity index (χ2n) is 1.80. The minimum absolute atomic E-state index is 0.00361. The zero-order chi connectivity index (χ0) is 6.85. The monoisotopic (exact) mass is 302 g/mol. The number of allylic oxidation sites excluding steroid dienone is 4. The van der Waals surface area contributed by atoms with Gasteiger partial charge in [0, 0.05) is 4.48 Å². The van der Waals surface area contributed by atoms with E-state index in [1.807, 2.05) is 12.2 Å². The summed E-state index contributed by atoms with van der Waals surface area (Å²) in [6.07, 6.45) is 4.45. The van der Waals surface area contributed by atoms with Crippen LogP contribution in [-0.2, 0) is 0 Å². The molecule has 0 radical (unpaired) electrons. The van der Waals surface area contributed by atoms with Gasteiger partial charge in [0.25, 0.3) is 0 Å². The van der Waals surface area contributed by atoms with Crippen molar-refractivity contribution in [2.24, 2.45) is 0 Å². The highest BCUT2D eigenvalue weighted by Gasteiger charge is 2.15. The van der Waals surface area contributed by atoms with Gasteiger partial charge in [-0.1, -0.05) is 50.7 Å². The minimum Gasteiger partial charge on any atom is -0.241 e. The largest absolute Gasteiger partial charge is 0.241 e. The fourth-order valence-electron chi connectivity index (χ4n) is 0.590. The van der Waals surface area contributed by atoms with E-state index in [1.165, 1.54) is 0 Å². The maximum absolute atomic E-state index is 12.7. The average molecular weight is 303 g/mol. The lowest BCUT2D eigenvalue weighted by Gasteiger charge is -2.10. The van der Waals surface area contributed by atoms with Crippen LogP contribution in [0.1, 0.15) is 0 Å². The molecular weight excluding hydrogens is 298 g/mol. The lowest BCUT2D eigenvalue weighted by atomic mass is 10.2. The second kappa shape index (κ2) is 3.14. The van der Waals surface area contributed by atoms with Crippen LogP contribution in [0.5, 0.6) is 0 Å². The van der Waals surface area contributed by atoms with Gasteiger partial charge >= 0.3 is 0 Å². The molecule has 0 nitrogen and oxygen atoms in total. The van der Waals surface area contributed by atoms with E-state index in [9.17, 15) is 4.39 Å². The summed E-state index contributed by atoms with van der Waals surface area (Å²) >= 11 is 5.25. The first-order chi connectivity index (χ1) is 4.20. The maximum Gasteiger partial charge on any atom is 0.135 e. The first-order valence-corrected chi connectivity index (χ1v) is 4.57. The molecule has 1 aliphatic rings. The number of alkyl halides is 2. The Hall–Kier alpha value is 0.620. The van der Waals surface area contributed by atoms with Crippen molar-refractivity contribution in [3.8, 4) is 0 Å². The fourth-order valence-corrected chi connectivity index (χ4v) is 1.41. The summed E-state index contributed by atoms with van der Waals surface area (Å²) in [5.41, 5.74) is 0. The molecule has 1 aliphatic carbocycles. The SMILES string of the molecule is FC1C=C(Br)C=CC1I. The first-order valence-electron chi connectivity index (χ1n) is 2.54. The van der Waals surface area contributed by atoms with Crippen molar-refractivity contribution < 1.29 is 4.39 Å². The van der Waals surface area contributed by atoms with Crippen molar-refractivity contribution in [2.45, 2.75) is 10.1 Å². The van der Waals surface area contributed by atoms with E-state index in [0.29, 0.717) is 0 Å². The predicted molar refractivity (Wildman–Crippen MR) is 48.9 cm³/mol. The third-order valence-electron chi connectivity index (χ3n) is 1.06. The van der Waals surface area contributed by atoms with E-state index in [2.05, 4.69) is 38.5 Å². The first kappa shape index (κ1) is 7.72. The number of hydrogen-bond acceptors (Lipinski definition) is 0. The molecule has 2 atom stereocenters. The Morgan fingerprint density at radius 1 is 1.67 bits per heavy atom. The predicted octanol–water partition coefficient (Wildman–Crippen LogP) is 2.98. The van der Waals surface area contributed by atoms with Gasteiger partial charge in [-0.15, -0.1) is 0 Å². The van der Waals surface area contributed by atoms with E-state index in [-0.39, 0.29) is 3.92 Å². The molecule has 0 aromatic rings. The number of hydrogen-bond donors (Lipinski definition) is 0.